The molecule has 0 aromatic heterocycles. The van der Waals surface area contributed by atoms with Crippen molar-refractivity contribution in [3.8, 4) is 0 Å². The number of carbonyl (C=O) groups excluding carboxylic acids is 1. The average Bonchev–Trinajstić information content (AvgIpc) is 2.70. The molecule has 0 aliphatic heterocycles. The van der Waals surface area contributed by atoms with Crippen molar-refractivity contribution in [3.63, 3.8) is 0 Å². The van der Waals surface area contributed by atoms with Gasteiger partial charge in [-0.1, -0.05) is 56.5 Å². The minimum atomic E-state index is -0.584. The van der Waals surface area contributed by atoms with Gasteiger partial charge in [-0.05, 0) is 52.0 Å². The molecule has 1 fully saturated rings. The number of alkyl carbamates (subject to hydrolysis) is 1. The van der Waals surface area contributed by atoms with Crippen LogP contribution >= 0.6 is 12.2 Å². The summed E-state index contributed by atoms with van der Waals surface area (Å²) in [5.41, 5.74) is 0.353. The highest BCUT2D eigenvalue weighted by Gasteiger charge is 2.25. The second kappa shape index (κ2) is 11.4. The van der Waals surface area contributed by atoms with Crippen LogP contribution in [0.4, 0.5) is 10.5 Å². The van der Waals surface area contributed by atoms with Gasteiger partial charge in [-0.15, -0.1) is 0 Å². The highest BCUT2D eigenvalue weighted by atomic mass is 32.1. The van der Waals surface area contributed by atoms with Crippen molar-refractivity contribution in [3.05, 3.63) is 39.9 Å². The number of non-ortho nitro benzene ring substituents is 1. The summed E-state index contributed by atoms with van der Waals surface area (Å²) >= 11 is 5.66. The number of ether oxygens (including phenoxy) is 1. The van der Waals surface area contributed by atoms with Gasteiger partial charge in [0, 0.05) is 18.2 Å². The number of hydrogen-bond donors (Lipinski definition) is 2. The number of nitro benzene ring substituents is 1. The van der Waals surface area contributed by atoms with Gasteiger partial charge in [-0.3, -0.25) is 10.1 Å². The average molecular weight is 450 g/mol. The Kier molecular flexibility index (Phi) is 9.22. The zero-order valence-electron chi connectivity index (χ0n) is 19.0. The van der Waals surface area contributed by atoms with Gasteiger partial charge in [0.1, 0.15) is 5.60 Å². The molecule has 0 saturated heterocycles. The molecule has 2 atom stereocenters. The minimum Gasteiger partial charge on any atom is -0.444 e. The molecule has 1 aromatic rings. The van der Waals surface area contributed by atoms with Crippen molar-refractivity contribution in [2.75, 3.05) is 0 Å². The molecule has 1 aliphatic rings. The zero-order chi connectivity index (χ0) is 23.0. The number of hydrogen-bond acceptors (Lipinski definition) is 5. The first-order valence-electron chi connectivity index (χ1n) is 11.1. The summed E-state index contributed by atoms with van der Waals surface area (Å²) in [6.07, 6.45) is 7.61. The maximum Gasteiger partial charge on any atom is 0.408 e. The summed E-state index contributed by atoms with van der Waals surface area (Å²) in [7, 11) is 0. The van der Waals surface area contributed by atoms with E-state index in [0.717, 1.165) is 18.4 Å². The third-order valence-electron chi connectivity index (χ3n) is 5.56. The molecule has 0 bridgehead atoms. The predicted octanol–water partition coefficient (Wildman–Crippen LogP) is 5.83. The van der Waals surface area contributed by atoms with Crippen LogP contribution in [0.2, 0.25) is 0 Å². The third kappa shape index (κ3) is 8.81. The summed E-state index contributed by atoms with van der Waals surface area (Å²) in [5.74, 6) is 0.673. The number of carbonyl (C=O) groups is 1. The molecular formula is C23H35N3O4S. The molecule has 1 saturated carbocycles. The van der Waals surface area contributed by atoms with Crippen LogP contribution in [0.25, 0.3) is 0 Å². The van der Waals surface area contributed by atoms with Gasteiger partial charge in [0.15, 0.2) is 0 Å². The highest BCUT2D eigenvalue weighted by molar-refractivity contribution is 7.80. The lowest BCUT2D eigenvalue weighted by atomic mass is 9.85. The largest absolute Gasteiger partial charge is 0.444 e. The number of nitrogens with zero attached hydrogens (tertiary/aromatic N) is 1. The topological polar surface area (TPSA) is 93.5 Å². The van der Waals surface area contributed by atoms with Gasteiger partial charge in [0.2, 0.25) is 0 Å². The molecule has 0 radical (unpaired) electrons. The van der Waals surface area contributed by atoms with Crippen LogP contribution in [0.1, 0.15) is 84.2 Å². The van der Waals surface area contributed by atoms with Gasteiger partial charge in [-0.25, -0.2) is 4.79 Å². The Balaban J connectivity index is 2.02. The van der Waals surface area contributed by atoms with E-state index >= 15 is 0 Å². The van der Waals surface area contributed by atoms with Gasteiger partial charge in [0.05, 0.1) is 16.0 Å². The van der Waals surface area contributed by atoms with Crippen LogP contribution in [0.15, 0.2) is 24.3 Å². The van der Waals surface area contributed by atoms with E-state index < -0.39 is 16.6 Å². The summed E-state index contributed by atoms with van der Waals surface area (Å²) in [6.45, 7) is 7.43. The first-order chi connectivity index (χ1) is 14.5. The lowest BCUT2D eigenvalue weighted by Gasteiger charge is -2.28. The number of amides is 1. The second-order valence-electron chi connectivity index (χ2n) is 9.36. The van der Waals surface area contributed by atoms with Crippen LogP contribution in [-0.2, 0) is 4.74 Å². The predicted molar refractivity (Wildman–Crippen MR) is 126 cm³/mol. The monoisotopic (exact) mass is 449 g/mol. The Morgan fingerprint density at radius 2 is 1.81 bits per heavy atom. The SMILES string of the molecule is C[C@@H](NC(=S)[C@H](CCC1CCCCC1)NC(=O)OC(C)(C)C)c1ccc([N+](=O)[O-])cc1. The molecule has 2 rings (SSSR count). The van der Waals surface area contributed by atoms with Crippen molar-refractivity contribution < 1.29 is 14.5 Å². The van der Waals surface area contributed by atoms with Gasteiger partial charge >= 0.3 is 6.09 Å². The van der Waals surface area contributed by atoms with E-state index in [1.165, 1.54) is 44.2 Å². The number of nitrogens with one attached hydrogen (secondary N) is 2. The van der Waals surface area contributed by atoms with E-state index in [1.54, 1.807) is 12.1 Å². The Bertz CT molecular complexity index is 755. The molecule has 2 N–H and O–H groups in total. The maximum atomic E-state index is 12.4. The normalized spacial score (nSPS) is 16.8. The van der Waals surface area contributed by atoms with Crippen LogP contribution in [0.3, 0.4) is 0 Å². The van der Waals surface area contributed by atoms with Crippen molar-refractivity contribution in [2.45, 2.75) is 90.3 Å². The Morgan fingerprint density at radius 1 is 1.19 bits per heavy atom. The number of benzene rings is 1. The van der Waals surface area contributed by atoms with E-state index in [-0.39, 0.29) is 17.8 Å². The molecule has 172 valence electrons. The van der Waals surface area contributed by atoms with Gasteiger partial charge in [-0.2, -0.15) is 0 Å². The third-order valence-corrected chi connectivity index (χ3v) is 5.96. The molecule has 0 heterocycles. The zero-order valence-corrected chi connectivity index (χ0v) is 19.8. The summed E-state index contributed by atoms with van der Waals surface area (Å²) < 4.78 is 5.43. The molecule has 31 heavy (non-hydrogen) atoms. The fourth-order valence-corrected chi connectivity index (χ4v) is 4.23. The standard InChI is InChI=1S/C23H35N3O4S/c1-16(18-11-13-19(14-12-18)26(28)29)24-21(31)20(25-22(27)30-23(2,3)4)15-10-17-8-6-5-7-9-17/h11-14,16-17,20H,5-10,15H2,1-4H3,(H,24,31)(H,25,27)/t16-,20+/m1/s1. The molecule has 0 spiro atoms. The molecule has 8 heteroatoms. The van der Waals surface area contributed by atoms with E-state index in [0.29, 0.717) is 10.9 Å². The molecular weight excluding hydrogens is 414 g/mol. The van der Waals surface area contributed by atoms with Gasteiger partial charge < -0.3 is 15.4 Å². The molecule has 1 aromatic carbocycles. The molecule has 0 unspecified atom stereocenters. The van der Waals surface area contributed by atoms with E-state index in [9.17, 15) is 14.9 Å². The maximum absolute atomic E-state index is 12.4. The van der Waals surface area contributed by atoms with Gasteiger partial charge in [0.25, 0.3) is 5.69 Å². The number of rotatable bonds is 8. The lowest BCUT2D eigenvalue weighted by molar-refractivity contribution is -0.384. The summed E-state index contributed by atoms with van der Waals surface area (Å²) in [4.78, 5) is 23.4. The summed E-state index contributed by atoms with van der Waals surface area (Å²) in [6, 6.07) is 5.93. The van der Waals surface area contributed by atoms with Crippen LogP contribution in [-0.4, -0.2) is 27.6 Å². The van der Waals surface area contributed by atoms with E-state index in [2.05, 4.69) is 10.6 Å². The van der Waals surface area contributed by atoms with Crippen molar-refractivity contribution in [2.24, 2.45) is 5.92 Å². The van der Waals surface area contributed by atoms with Crippen molar-refractivity contribution >= 4 is 29.0 Å². The first kappa shape index (κ1) is 25.0. The van der Waals surface area contributed by atoms with Crippen LogP contribution < -0.4 is 10.6 Å². The van der Waals surface area contributed by atoms with E-state index in [4.69, 9.17) is 17.0 Å². The molecule has 1 aliphatic carbocycles. The molecule has 7 nitrogen and oxygen atoms in total. The first-order valence-corrected chi connectivity index (χ1v) is 11.5. The quantitative estimate of drug-likeness (QED) is 0.295. The Morgan fingerprint density at radius 3 is 2.35 bits per heavy atom. The highest BCUT2D eigenvalue weighted by Crippen LogP contribution is 2.28. The van der Waals surface area contributed by atoms with Crippen LogP contribution in [0.5, 0.6) is 0 Å². The van der Waals surface area contributed by atoms with Crippen molar-refractivity contribution in [1.29, 1.82) is 0 Å². The fraction of sp³-hybridized carbons (Fsp3) is 0.652. The van der Waals surface area contributed by atoms with Crippen molar-refractivity contribution in [1.82, 2.24) is 10.6 Å². The number of nitro groups is 1. The lowest BCUT2D eigenvalue weighted by Crippen LogP contribution is -2.48. The van der Waals surface area contributed by atoms with Crippen LogP contribution in [0, 0.1) is 16.0 Å². The van der Waals surface area contributed by atoms with E-state index in [1.807, 2.05) is 27.7 Å². The Hall–Kier alpha value is -2.22. The minimum absolute atomic E-state index is 0.0514. The fourth-order valence-electron chi connectivity index (χ4n) is 3.88. The number of thiocarbonyl (C=S) groups is 1. The molecule has 1 amide bonds. The Labute approximate surface area is 190 Å². The smallest absolute Gasteiger partial charge is 0.408 e. The summed E-state index contributed by atoms with van der Waals surface area (Å²) in [5, 5.41) is 17.1. The second-order valence-corrected chi connectivity index (χ2v) is 9.80.